The number of rotatable bonds is 8. The Bertz CT molecular complexity index is 1470. The van der Waals surface area contributed by atoms with Crippen LogP contribution in [0.4, 0.5) is 5.69 Å². The van der Waals surface area contributed by atoms with Gasteiger partial charge in [-0.05, 0) is 42.2 Å². The quantitative estimate of drug-likeness (QED) is 0.187. The van der Waals surface area contributed by atoms with Gasteiger partial charge in [-0.2, -0.15) is 10.4 Å². The number of fused-ring (bicyclic) bond motifs is 1. The van der Waals surface area contributed by atoms with Gasteiger partial charge in [0.15, 0.2) is 5.65 Å². The first-order chi connectivity index (χ1) is 17.7. The lowest BCUT2D eigenvalue weighted by Crippen LogP contribution is -2.33. The van der Waals surface area contributed by atoms with E-state index in [9.17, 15) is 5.26 Å². The highest BCUT2D eigenvalue weighted by atomic mass is 35.5. The van der Waals surface area contributed by atoms with E-state index in [4.69, 9.17) is 28.2 Å². The van der Waals surface area contributed by atoms with Gasteiger partial charge in [0.2, 0.25) is 0 Å². The lowest BCUT2D eigenvalue weighted by atomic mass is 9.98. The van der Waals surface area contributed by atoms with E-state index in [0.29, 0.717) is 24.8 Å². The molecule has 0 N–H and O–H groups in total. The van der Waals surface area contributed by atoms with E-state index in [2.05, 4.69) is 53.1 Å². The molecule has 9 heteroatoms. The first-order valence-electron chi connectivity index (χ1n) is 12.0. The number of pyridine rings is 2. The zero-order valence-electron chi connectivity index (χ0n) is 21.6. The fraction of sp³-hybridized carbons (Fsp3) is 0.286. The molecule has 3 aromatic heterocycles. The molecule has 7 nitrogen and oxygen atoms in total. The van der Waals surface area contributed by atoms with E-state index >= 15 is 0 Å². The van der Waals surface area contributed by atoms with Crippen molar-refractivity contribution in [2.24, 2.45) is 7.05 Å². The SMILES string of the molecule is Cc1nn(C)c2nc(CN(Cc3ccccc3)/C(=C/C#N)N(C)c3cc(Cl)nc(Cl)c3)cc(C(C)C)c12. The van der Waals surface area contributed by atoms with E-state index in [1.54, 1.807) is 12.1 Å². The van der Waals surface area contributed by atoms with Crippen LogP contribution >= 0.6 is 23.2 Å². The number of halogens is 2. The Morgan fingerprint density at radius 3 is 2.38 bits per heavy atom. The maximum absolute atomic E-state index is 9.75. The summed E-state index contributed by atoms with van der Waals surface area (Å²) in [6.07, 6.45) is 1.53. The molecule has 0 fully saturated rings. The summed E-state index contributed by atoms with van der Waals surface area (Å²) >= 11 is 12.4. The Morgan fingerprint density at radius 1 is 1.08 bits per heavy atom. The van der Waals surface area contributed by atoms with Crippen molar-refractivity contribution in [3.05, 3.63) is 93.2 Å². The summed E-state index contributed by atoms with van der Waals surface area (Å²) in [7, 11) is 3.80. The van der Waals surface area contributed by atoms with Crippen LogP contribution in [0.3, 0.4) is 0 Å². The van der Waals surface area contributed by atoms with E-state index in [-0.39, 0.29) is 10.3 Å². The van der Waals surface area contributed by atoms with Crippen LogP contribution in [0.15, 0.2) is 60.4 Å². The van der Waals surface area contributed by atoms with Gasteiger partial charge in [0, 0.05) is 31.7 Å². The van der Waals surface area contributed by atoms with Crippen LogP contribution in [0.5, 0.6) is 0 Å². The topological polar surface area (TPSA) is 73.9 Å². The highest BCUT2D eigenvalue weighted by Crippen LogP contribution is 2.30. The number of allylic oxidation sites excluding steroid dienone is 1. The molecule has 0 aliphatic heterocycles. The van der Waals surface area contributed by atoms with Crippen LogP contribution in [-0.4, -0.2) is 31.7 Å². The molecule has 0 atom stereocenters. The molecule has 0 amide bonds. The summed E-state index contributed by atoms with van der Waals surface area (Å²) in [5.74, 6) is 0.978. The van der Waals surface area contributed by atoms with Gasteiger partial charge in [0.05, 0.1) is 30.1 Å². The Labute approximate surface area is 227 Å². The highest BCUT2D eigenvalue weighted by molar-refractivity contribution is 6.32. The first kappa shape index (κ1) is 26.5. The van der Waals surface area contributed by atoms with Crippen LogP contribution in [0.2, 0.25) is 10.3 Å². The molecule has 0 saturated carbocycles. The lowest BCUT2D eigenvalue weighted by Gasteiger charge is -2.33. The van der Waals surface area contributed by atoms with Gasteiger partial charge in [-0.1, -0.05) is 67.4 Å². The summed E-state index contributed by atoms with van der Waals surface area (Å²) in [5, 5.41) is 16.0. The molecule has 4 aromatic rings. The van der Waals surface area contributed by atoms with Crippen LogP contribution in [0.1, 0.15) is 42.3 Å². The first-order valence-corrected chi connectivity index (χ1v) is 12.7. The average molecular weight is 534 g/mol. The fourth-order valence-electron chi connectivity index (χ4n) is 4.52. The van der Waals surface area contributed by atoms with Gasteiger partial charge >= 0.3 is 0 Å². The molecular weight excluding hydrogens is 505 g/mol. The summed E-state index contributed by atoms with van der Waals surface area (Å²) in [4.78, 5) is 13.1. The molecular formula is C28H29Cl2N7. The lowest BCUT2D eigenvalue weighted by molar-refractivity contribution is 0.317. The molecule has 0 unspecified atom stereocenters. The van der Waals surface area contributed by atoms with E-state index < -0.39 is 0 Å². The van der Waals surface area contributed by atoms with Gasteiger partial charge in [-0.3, -0.25) is 4.68 Å². The Balaban J connectivity index is 1.82. The second-order valence-corrected chi connectivity index (χ2v) is 10.0. The largest absolute Gasteiger partial charge is 0.347 e. The Kier molecular flexibility index (Phi) is 8.01. The zero-order chi connectivity index (χ0) is 26.7. The summed E-state index contributed by atoms with van der Waals surface area (Å²) < 4.78 is 1.83. The average Bonchev–Trinajstić information content (AvgIpc) is 3.14. The van der Waals surface area contributed by atoms with Crippen molar-refractivity contribution in [1.29, 1.82) is 5.26 Å². The normalized spacial score (nSPS) is 11.7. The molecule has 1 aromatic carbocycles. The number of hydrogen-bond acceptors (Lipinski definition) is 6. The number of aromatic nitrogens is 4. The third kappa shape index (κ3) is 5.87. The van der Waals surface area contributed by atoms with Crippen molar-refractivity contribution >= 4 is 39.9 Å². The number of nitriles is 1. The minimum absolute atomic E-state index is 0.278. The molecule has 3 heterocycles. The number of nitrogens with zero attached hydrogens (tertiary/aromatic N) is 7. The second kappa shape index (κ2) is 11.2. The number of anilines is 1. The molecule has 0 spiro atoms. The fourth-order valence-corrected chi connectivity index (χ4v) is 4.97. The highest BCUT2D eigenvalue weighted by Gasteiger charge is 2.21. The van der Waals surface area contributed by atoms with Crippen molar-refractivity contribution < 1.29 is 0 Å². The van der Waals surface area contributed by atoms with Crippen LogP contribution in [-0.2, 0) is 20.1 Å². The minimum atomic E-state index is 0.278. The summed E-state index contributed by atoms with van der Waals surface area (Å²) in [5.41, 5.74) is 5.74. The molecule has 37 heavy (non-hydrogen) atoms. The van der Waals surface area contributed by atoms with E-state index in [1.807, 2.05) is 48.8 Å². The molecule has 0 saturated heterocycles. The maximum Gasteiger partial charge on any atom is 0.158 e. The van der Waals surface area contributed by atoms with Gasteiger partial charge in [-0.25, -0.2) is 9.97 Å². The minimum Gasteiger partial charge on any atom is -0.347 e. The third-order valence-electron chi connectivity index (χ3n) is 6.24. The van der Waals surface area contributed by atoms with Crippen molar-refractivity contribution in [2.45, 2.75) is 39.8 Å². The zero-order valence-corrected chi connectivity index (χ0v) is 23.1. The predicted molar refractivity (Wildman–Crippen MR) is 149 cm³/mol. The second-order valence-electron chi connectivity index (χ2n) is 9.27. The van der Waals surface area contributed by atoms with E-state index in [1.165, 1.54) is 11.6 Å². The number of benzene rings is 1. The van der Waals surface area contributed by atoms with Gasteiger partial charge in [0.25, 0.3) is 0 Å². The van der Waals surface area contributed by atoms with Crippen LogP contribution < -0.4 is 4.90 Å². The molecule has 0 bridgehead atoms. The van der Waals surface area contributed by atoms with Crippen molar-refractivity contribution in [1.82, 2.24) is 24.6 Å². The van der Waals surface area contributed by atoms with Crippen LogP contribution in [0.25, 0.3) is 11.0 Å². The van der Waals surface area contributed by atoms with E-state index in [0.717, 1.165) is 33.7 Å². The monoisotopic (exact) mass is 533 g/mol. The maximum atomic E-state index is 9.75. The molecule has 0 aliphatic carbocycles. The molecule has 0 radical (unpaired) electrons. The van der Waals surface area contributed by atoms with Crippen molar-refractivity contribution in [3.63, 3.8) is 0 Å². The Morgan fingerprint density at radius 2 is 1.76 bits per heavy atom. The summed E-state index contributed by atoms with van der Waals surface area (Å²) in [6.45, 7) is 7.41. The smallest absolute Gasteiger partial charge is 0.158 e. The van der Waals surface area contributed by atoms with Crippen molar-refractivity contribution in [2.75, 3.05) is 11.9 Å². The number of aryl methyl sites for hydroxylation is 2. The van der Waals surface area contributed by atoms with Crippen molar-refractivity contribution in [3.8, 4) is 6.07 Å². The predicted octanol–water partition coefficient (Wildman–Crippen LogP) is 6.61. The van der Waals surface area contributed by atoms with Crippen LogP contribution in [0, 0.1) is 18.3 Å². The number of hydrogen-bond donors (Lipinski definition) is 0. The molecule has 0 aliphatic rings. The third-order valence-corrected chi connectivity index (χ3v) is 6.63. The standard InChI is InChI=1S/C28H29Cl2N7/c1-18(2)23-13-21(32-28-27(23)19(3)34-36(28)5)17-37(16-20-9-7-6-8-10-20)26(11-12-31)35(4)22-14-24(29)33-25(30)15-22/h6-11,13-15,18H,16-17H2,1-5H3/b26-11+. The Hall–Kier alpha value is -3.60. The van der Waals surface area contributed by atoms with Gasteiger partial charge < -0.3 is 9.80 Å². The molecule has 4 rings (SSSR count). The van der Waals surface area contributed by atoms with Gasteiger partial charge in [-0.15, -0.1) is 0 Å². The summed E-state index contributed by atoms with van der Waals surface area (Å²) in [6, 6.07) is 17.9. The molecule has 190 valence electrons. The van der Waals surface area contributed by atoms with Gasteiger partial charge in [0.1, 0.15) is 16.1 Å².